The summed E-state index contributed by atoms with van der Waals surface area (Å²) in [7, 11) is -1.08. The van der Waals surface area contributed by atoms with Crippen LogP contribution in [0.15, 0.2) is 12.3 Å². The minimum absolute atomic E-state index is 0.412. The number of carboxylic acids is 1. The van der Waals surface area contributed by atoms with Crippen LogP contribution in [0.1, 0.15) is 11.5 Å². The van der Waals surface area contributed by atoms with Crippen molar-refractivity contribution in [1.29, 1.82) is 0 Å². The van der Waals surface area contributed by atoms with E-state index in [1.54, 1.807) is 6.20 Å². The largest absolute Gasteiger partial charge is 0.478 e. The summed E-state index contributed by atoms with van der Waals surface area (Å²) >= 11 is 0. The van der Waals surface area contributed by atoms with Gasteiger partial charge in [0.1, 0.15) is 12.6 Å². The minimum Gasteiger partial charge on any atom is -0.478 e. The Morgan fingerprint density at radius 3 is 2.79 bits per heavy atom. The highest BCUT2D eigenvalue weighted by Gasteiger charge is 2.12. The number of hydrogen-bond donors (Lipinski definition) is 1. The predicted octanol–water partition coefficient (Wildman–Crippen LogP) is 2.60. The van der Waals surface area contributed by atoms with E-state index in [1.807, 2.05) is 11.5 Å². The molecule has 0 atom stereocenters. The molecule has 0 spiro atoms. The minimum atomic E-state index is -1.08. The van der Waals surface area contributed by atoms with Gasteiger partial charge in [-0.1, -0.05) is 19.6 Å². The lowest BCUT2D eigenvalue weighted by Crippen LogP contribution is -2.22. The molecule has 0 aromatic carbocycles. The Kier molecular flexibility index (Phi) is 5.50. The number of aliphatic carboxylic acids is 1. The highest BCUT2D eigenvalue weighted by Crippen LogP contribution is 2.10. The van der Waals surface area contributed by atoms with Crippen LogP contribution in [-0.2, 0) is 16.3 Å². The maximum atomic E-state index is 10.5. The van der Waals surface area contributed by atoms with E-state index in [-0.39, 0.29) is 0 Å². The molecule has 0 fully saturated rings. The summed E-state index contributed by atoms with van der Waals surface area (Å²) < 4.78 is 7.52. The lowest BCUT2D eigenvalue weighted by Gasteiger charge is -2.16. The number of ether oxygens (including phenoxy) is 1. The third-order valence-electron chi connectivity index (χ3n) is 2.70. The normalized spacial score (nSPS) is 12.2. The summed E-state index contributed by atoms with van der Waals surface area (Å²) in [4.78, 5) is 14.7. The van der Waals surface area contributed by atoms with Crippen molar-refractivity contribution in [2.45, 2.75) is 39.3 Å². The monoisotopic (exact) mass is 282 g/mol. The third kappa shape index (κ3) is 5.85. The molecule has 6 heteroatoms. The first kappa shape index (κ1) is 15.7. The van der Waals surface area contributed by atoms with Gasteiger partial charge >= 0.3 is 5.97 Å². The Labute approximate surface area is 114 Å². The summed E-state index contributed by atoms with van der Waals surface area (Å²) in [6.45, 7) is 9.94. The van der Waals surface area contributed by atoms with Gasteiger partial charge < -0.3 is 14.4 Å². The fourth-order valence-corrected chi connectivity index (χ4v) is 2.23. The van der Waals surface area contributed by atoms with Gasteiger partial charge in [0.05, 0.1) is 11.9 Å². The first-order chi connectivity index (χ1) is 8.79. The van der Waals surface area contributed by atoms with Crippen molar-refractivity contribution in [3.63, 3.8) is 0 Å². The summed E-state index contributed by atoms with van der Waals surface area (Å²) in [6, 6.07) is 1.11. The quantitative estimate of drug-likeness (QED) is 0.474. The highest BCUT2D eigenvalue weighted by atomic mass is 28.3. The number of imidazole rings is 1. The summed E-state index contributed by atoms with van der Waals surface area (Å²) in [6.07, 6.45) is 4.29. The molecule has 0 bridgehead atoms. The van der Waals surface area contributed by atoms with Gasteiger partial charge in [0, 0.05) is 20.8 Å². The molecular formula is C13H22N2O3Si. The number of nitrogens with zero attached hydrogens (tertiary/aromatic N) is 2. The van der Waals surface area contributed by atoms with Crippen LogP contribution in [0.5, 0.6) is 0 Å². The molecule has 0 aliphatic carbocycles. The van der Waals surface area contributed by atoms with Crippen LogP contribution in [0.25, 0.3) is 6.08 Å². The molecule has 0 saturated heterocycles. The van der Waals surface area contributed by atoms with Crippen LogP contribution in [0.3, 0.4) is 0 Å². The third-order valence-corrected chi connectivity index (χ3v) is 4.40. The molecule has 1 N–H and O–H groups in total. The molecule has 0 amide bonds. The average Bonchev–Trinajstić information content (AvgIpc) is 2.62. The van der Waals surface area contributed by atoms with E-state index >= 15 is 0 Å². The van der Waals surface area contributed by atoms with E-state index in [4.69, 9.17) is 9.84 Å². The van der Waals surface area contributed by atoms with Crippen LogP contribution >= 0.6 is 0 Å². The molecule has 1 aromatic rings. The second-order valence-electron chi connectivity index (χ2n) is 5.68. The molecule has 1 heterocycles. The summed E-state index contributed by atoms with van der Waals surface area (Å²) in [5.74, 6) is -0.150. The van der Waals surface area contributed by atoms with Crippen molar-refractivity contribution in [3.8, 4) is 0 Å². The second kappa shape index (κ2) is 6.67. The number of carboxylic acid groups (broad SMARTS) is 1. The topological polar surface area (TPSA) is 64.3 Å². The van der Waals surface area contributed by atoms with Gasteiger partial charge in [0.25, 0.3) is 0 Å². The van der Waals surface area contributed by atoms with Gasteiger partial charge in [0.15, 0.2) is 0 Å². The molecule has 19 heavy (non-hydrogen) atoms. The van der Waals surface area contributed by atoms with Crippen molar-refractivity contribution in [3.05, 3.63) is 23.8 Å². The SMILES string of the molecule is Cc1ncc(/C=C/C(=O)O)n1COCC[Si](C)(C)C. The maximum absolute atomic E-state index is 10.5. The van der Waals surface area contributed by atoms with Crippen LogP contribution in [0.4, 0.5) is 0 Å². The molecule has 1 rings (SSSR count). The van der Waals surface area contributed by atoms with Crippen molar-refractivity contribution < 1.29 is 14.6 Å². The zero-order valence-corrected chi connectivity index (χ0v) is 13.0. The van der Waals surface area contributed by atoms with E-state index < -0.39 is 14.0 Å². The zero-order chi connectivity index (χ0) is 14.5. The summed E-state index contributed by atoms with van der Waals surface area (Å²) in [5, 5.41) is 8.63. The van der Waals surface area contributed by atoms with Gasteiger partial charge in [0.2, 0.25) is 0 Å². The van der Waals surface area contributed by atoms with Gasteiger partial charge in [-0.05, 0) is 19.0 Å². The number of carbonyl (C=O) groups is 1. The number of hydrogen-bond acceptors (Lipinski definition) is 3. The molecule has 0 unspecified atom stereocenters. The highest BCUT2D eigenvalue weighted by molar-refractivity contribution is 6.76. The Morgan fingerprint density at radius 1 is 1.53 bits per heavy atom. The Bertz CT molecular complexity index is 461. The van der Waals surface area contributed by atoms with E-state index in [9.17, 15) is 4.79 Å². The van der Waals surface area contributed by atoms with Crippen LogP contribution < -0.4 is 0 Å². The fraction of sp³-hybridized carbons (Fsp3) is 0.538. The van der Waals surface area contributed by atoms with Crippen LogP contribution in [0, 0.1) is 6.92 Å². The maximum Gasteiger partial charge on any atom is 0.328 e. The lowest BCUT2D eigenvalue weighted by atomic mass is 10.4. The van der Waals surface area contributed by atoms with Gasteiger partial charge in [-0.2, -0.15) is 0 Å². The number of aryl methyl sites for hydroxylation is 1. The van der Waals surface area contributed by atoms with E-state index in [1.165, 1.54) is 6.08 Å². The van der Waals surface area contributed by atoms with Gasteiger partial charge in [-0.3, -0.25) is 0 Å². The van der Waals surface area contributed by atoms with Gasteiger partial charge in [-0.15, -0.1) is 0 Å². The van der Waals surface area contributed by atoms with E-state index in [2.05, 4.69) is 24.6 Å². The smallest absolute Gasteiger partial charge is 0.328 e. The molecule has 5 nitrogen and oxygen atoms in total. The van der Waals surface area contributed by atoms with Crippen molar-refractivity contribution >= 4 is 20.1 Å². The molecule has 0 aliphatic rings. The number of aromatic nitrogens is 2. The molecule has 1 aromatic heterocycles. The molecular weight excluding hydrogens is 260 g/mol. The molecule has 0 aliphatic heterocycles. The first-order valence-corrected chi connectivity index (χ1v) is 10.0. The van der Waals surface area contributed by atoms with E-state index in [0.717, 1.165) is 30.2 Å². The summed E-state index contributed by atoms with van der Waals surface area (Å²) in [5.41, 5.74) is 0.743. The standard InChI is InChI=1S/C13H22N2O3Si/c1-11-14-9-12(5-6-13(16)17)15(11)10-18-7-8-19(2,3)4/h5-6,9H,7-8,10H2,1-4H3,(H,16,17)/b6-5+. The first-order valence-electron chi connectivity index (χ1n) is 6.30. The Hall–Kier alpha value is -1.40. The van der Waals surface area contributed by atoms with Crippen LogP contribution in [-0.4, -0.2) is 35.3 Å². The molecule has 0 radical (unpaired) electrons. The average molecular weight is 282 g/mol. The zero-order valence-electron chi connectivity index (χ0n) is 12.0. The van der Waals surface area contributed by atoms with Crippen molar-refractivity contribution in [2.24, 2.45) is 0 Å². The number of rotatable bonds is 7. The second-order valence-corrected chi connectivity index (χ2v) is 11.3. The van der Waals surface area contributed by atoms with Gasteiger partial charge in [-0.25, -0.2) is 9.78 Å². The lowest BCUT2D eigenvalue weighted by molar-refractivity contribution is -0.131. The Morgan fingerprint density at radius 2 is 2.21 bits per heavy atom. The van der Waals surface area contributed by atoms with Crippen molar-refractivity contribution in [2.75, 3.05) is 6.61 Å². The van der Waals surface area contributed by atoms with E-state index in [0.29, 0.717) is 6.73 Å². The Balaban J connectivity index is 2.58. The molecule has 0 saturated carbocycles. The van der Waals surface area contributed by atoms with Crippen molar-refractivity contribution in [1.82, 2.24) is 9.55 Å². The molecule has 106 valence electrons. The van der Waals surface area contributed by atoms with Crippen LogP contribution in [0.2, 0.25) is 25.7 Å². The predicted molar refractivity (Wildman–Crippen MR) is 77.7 cm³/mol. The fourth-order valence-electron chi connectivity index (χ4n) is 1.48.